The molecule has 1 aromatic carbocycles. The third kappa shape index (κ3) is 4.33. The number of nitriles is 1. The maximum Gasteiger partial charge on any atom is 0.171 e. The Morgan fingerprint density at radius 1 is 1.29 bits per heavy atom. The van der Waals surface area contributed by atoms with Crippen LogP contribution in [0.25, 0.3) is 0 Å². The number of benzene rings is 1. The average Bonchev–Trinajstić information content (AvgIpc) is 3.17. The van der Waals surface area contributed by atoms with E-state index in [9.17, 15) is 0 Å². The van der Waals surface area contributed by atoms with Crippen LogP contribution >= 0.6 is 12.2 Å². The lowest BCUT2D eigenvalue weighted by molar-refractivity contribution is 0.562. The van der Waals surface area contributed by atoms with Gasteiger partial charge < -0.3 is 10.6 Å². The van der Waals surface area contributed by atoms with Gasteiger partial charge >= 0.3 is 0 Å². The summed E-state index contributed by atoms with van der Waals surface area (Å²) >= 11 is 5.42. The molecule has 0 amide bonds. The summed E-state index contributed by atoms with van der Waals surface area (Å²) in [6, 6.07) is 11.1. The molecular weight excluding hydrogens is 318 g/mol. The summed E-state index contributed by atoms with van der Waals surface area (Å²) in [7, 11) is 0. The maximum atomic E-state index is 8.54. The molecule has 1 aromatic heterocycles. The Balaban J connectivity index is 1.44. The van der Waals surface area contributed by atoms with Gasteiger partial charge in [-0.05, 0) is 49.0 Å². The van der Waals surface area contributed by atoms with Crippen molar-refractivity contribution < 1.29 is 0 Å². The molecule has 0 unspecified atom stereocenters. The van der Waals surface area contributed by atoms with Gasteiger partial charge in [0.2, 0.25) is 0 Å². The molecule has 0 atom stereocenters. The highest BCUT2D eigenvalue weighted by atomic mass is 32.1. The largest absolute Gasteiger partial charge is 0.359 e. The fraction of sp³-hybridized carbons (Fsp3) is 0.389. The first-order valence-corrected chi connectivity index (χ1v) is 8.69. The van der Waals surface area contributed by atoms with E-state index < -0.39 is 0 Å². The van der Waals surface area contributed by atoms with E-state index in [1.165, 1.54) is 11.1 Å². The number of rotatable bonds is 6. The Morgan fingerprint density at radius 3 is 2.75 bits per heavy atom. The fourth-order valence-corrected chi connectivity index (χ4v) is 3.33. The number of nitrogens with one attached hydrogen (secondary N) is 2. The minimum atomic E-state index is 0.350. The fourth-order valence-electron chi connectivity index (χ4n) is 3.04. The van der Waals surface area contributed by atoms with Crippen LogP contribution in [0.5, 0.6) is 0 Å². The topological polar surface area (TPSA) is 65.7 Å². The second kappa shape index (κ2) is 7.93. The molecule has 0 spiro atoms. The van der Waals surface area contributed by atoms with E-state index in [1.54, 1.807) is 6.20 Å². The number of hydrogen-bond acceptors (Lipinski definition) is 3. The lowest BCUT2D eigenvalue weighted by Gasteiger charge is -2.14. The molecular formula is C18H21N5S. The van der Waals surface area contributed by atoms with Gasteiger partial charge in [0.15, 0.2) is 5.11 Å². The minimum Gasteiger partial charge on any atom is -0.359 e. The van der Waals surface area contributed by atoms with Crippen LogP contribution in [-0.4, -0.2) is 20.9 Å². The van der Waals surface area contributed by atoms with Gasteiger partial charge in [-0.15, -0.1) is 0 Å². The standard InChI is InChI=1S/C18H21N5S/c19-8-4-1-5-9-23-13-17(12-20-23)22-18(24)21-16-10-14-6-2-3-7-15(14)11-16/h2-3,6-7,12-13,16H,1,4-5,9-11H2,(H2,21,22,24). The highest BCUT2D eigenvalue weighted by Crippen LogP contribution is 2.21. The minimum absolute atomic E-state index is 0.350. The number of nitrogens with zero attached hydrogens (tertiary/aromatic N) is 3. The predicted octanol–water partition coefficient (Wildman–Crippen LogP) is 3.03. The molecule has 0 saturated carbocycles. The van der Waals surface area contributed by atoms with Crippen molar-refractivity contribution in [3.05, 3.63) is 47.8 Å². The lowest BCUT2D eigenvalue weighted by atomic mass is 10.1. The first-order chi connectivity index (χ1) is 11.7. The van der Waals surface area contributed by atoms with E-state index in [2.05, 4.69) is 46.1 Å². The van der Waals surface area contributed by atoms with Gasteiger partial charge in [0, 0.05) is 25.2 Å². The lowest BCUT2D eigenvalue weighted by Crippen LogP contribution is -2.38. The van der Waals surface area contributed by atoms with Gasteiger partial charge in [-0.25, -0.2) is 0 Å². The molecule has 0 aliphatic heterocycles. The van der Waals surface area contributed by atoms with E-state index in [4.69, 9.17) is 17.5 Å². The summed E-state index contributed by atoms with van der Waals surface area (Å²) in [5.74, 6) is 0. The summed E-state index contributed by atoms with van der Waals surface area (Å²) < 4.78 is 1.88. The van der Waals surface area contributed by atoms with Crippen molar-refractivity contribution in [2.24, 2.45) is 0 Å². The van der Waals surface area contributed by atoms with Crippen LogP contribution < -0.4 is 10.6 Å². The van der Waals surface area contributed by atoms with Gasteiger partial charge in [0.1, 0.15) is 0 Å². The molecule has 6 heteroatoms. The molecule has 0 bridgehead atoms. The number of fused-ring (bicyclic) bond motifs is 1. The molecule has 24 heavy (non-hydrogen) atoms. The van der Waals surface area contributed by atoms with Crippen molar-refractivity contribution in [1.29, 1.82) is 5.26 Å². The highest BCUT2D eigenvalue weighted by Gasteiger charge is 2.21. The van der Waals surface area contributed by atoms with Crippen LogP contribution in [0.2, 0.25) is 0 Å². The van der Waals surface area contributed by atoms with E-state index in [-0.39, 0.29) is 0 Å². The molecule has 5 nitrogen and oxygen atoms in total. The average molecular weight is 339 g/mol. The number of aromatic nitrogens is 2. The third-order valence-corrected chi connectivity index (χ3v) is 4.42. The number of unbranched alkanes of at least 4 members (excludes halogenated alkanes) is 2. The first-order valence-electron chi connectivity index (χ1n) is 8.28. The first kappa shape index (κ1) is 16.5. The molecule has 0 fully saturated rings. The Hall–Kier alpha value is -2.39. The molecule has 124 valence electrons. The summed E-state index contributed by atoms with van der Waals surface area (Å²) in [4.78, 5) is 0. The molecule has 3 rings (SSSR count). The smallest absolute Gasteiger partial charge is 0.171 e. The second-order valence-electron chi connectivity index (χ2n) is 6.08. The van der Waals surface area contributed by atoms with Gasteiger partial charge in [-0.2, -0.15) is 10.4 Å². The highest BCUT2D eigenvalue weighted by molar-refractivity contribution is 7.80. The molecule has 1 aliphatic rings. The van der Waals surface area contributed by atoms with E-state index in [0.29, 0.717) is 17.6 Å². The van der Waals surface area contributed by atoms with Gasteiger partial charge in [0.05, 0.1) is 18.0 Å². The van der Waals surface area contributed by atoms with Crippen LogP contribution in [-0.2, 0) is 19.4 Å². The van der Waals surface area contributed by atoms with Crippen LogP contribution in [0.4, 0.5) is 5.69 Å². The Morgan fingerprint density at radius 2 is 2.04 bits per heavy atom. The molecule has 0 radical (unpaired) electrons. The van der Waals surface area contributed by atoms with Crippen molar-refractivity contribution in [3.8, 4) is 6.07 Å². The SMILES string of the molecule is N#CCCCCn1cc(NC(=S)NC2Cc3ccccc3C2)cn1. The van der Waals surface area contributed by atoms with Crippen LogP contribution in [0.15, 0.2) is 36.7 Å². The van der Waals surface area contributed by atoms with Crippen LogP contribution in [0.3, 0.4) is 0 Å². The summed E-state index contributed by atoms with van der Waals surface area (Å²) in [6.45, 7) is 0.821. The van der Waals surface area contributed by atoms with E-state index in [1.807, 2.05) is 10.9 Å². The van der Waals surface area contributed by atoms with Crippen LogP contribution in [0, 0.1) is 11.3 Å². The van der Waals surface area contributed by atoms with Gasteiger partial charge in [-0.3, -0.25) is 4.68 Å². The predicted molar refractivity (Wildman–Crippen MR) is 98.7 cm³/mol. The Kier molecular flexibility index (Phi) is 5.44. The third-order valence-electron chi connectivity index (χ3n) is 4.20. The molecule has 1 heterocycles. The zero-order valence-electron chi connectivity index (χ0n) is 13.5. The van der Waals surface area contributed by atoms with Gasteiger partial charge in [0.25, 0.3) is 0 Å². The number of thiocarbonyl (C=S) groups is 1. The zero-order chi connectivity index (χ0) is 16.8. The zero-order valence-corrected chi connectivity index (χ0v) is 14.4. The maximum absolute atomic E-state index is 8.54. The molecule has 2 aromatic rings. The van der Waals surface area contributed by atoms with Gasteiger partial charge in [-0.1, -0.05) is 24.3 Å². The Labute approximate surface area is 147 Å². The monoisotopic (exact) mass is 339 g/mol. The number of aryl methyl sites for hydroxylation is 1. The van der Waals surface area contributed by atoms with Crippen molar-refractivity contribution in [1.82, 2.24) is 15.1 Å². The number of anilines is 1. The van der Waals surface area contributed by atoms with Crippen molar-refractivity contribution in [3.63, 3.8) is 0 Å². The molecule has 2 N–H and O–H groups in total. The Bertz CT molecular complexity index is 721. The summed E-state index contributed by atoms with van der Waals surface area (Å²) in [5, 5.41) is 20.1. The van der Waals surface area contributed by atoms with Crippen LogP contribution in [0.1, 0.15) is 30.4 Å². The number of hydrogen-bond donors (Lipinski definition) is 2. The van der Waals surface area contributed by atoms with Crippen molar-refractivity contribution in [2.75, 3.05) is 5.32 Å². The molecule has 0 saturated heterocycles. The summed E-state index contributed by atoms with van der Waals surface area (Å²) in [6.07, 6.45) is 8.21. The molecule has 1 aliphatic carbocycles. The van der Waals surface area contributed by atoms with E-state index >= 15 is 0 Å². The quantitative estimate of drug-likeness (QED) is 0.625. The second-order valence-corrected chi connectivity index (χ2v) is 6.49. The van der Waals surface area contributed by atoms with Crippen molar-refractivity contribution >= 4 is 23.0 Å². The van der Waals surface area contributed by atoms with E-state index in [0.717, 1.165) is 37.9 Å². The van der Waals surface area contributed by atoms with Crippen molar-refractivity contribution in [2.45, 2.75) is 44.7 Å². The summed E-state index contributed by atoms with van der Waals surface area (Å²) in [5.41, 5.74) is 3.70. The normalized spacial score (nSPS) is 13.3.